The lowest BCUT2D eigenvalue weighted by Crippen LogP contribution is -2.40. The van der Waals surface area contributed by atoms with Gasteiger partial charge in [0.25, 0.3) is 0 Å². The molecule has 0 spiro atoms. The van der Waals surface area contributed by atoms with Crippen molar-refractivity contribution in [2.75, 3.05) is 11.9 Å². The lowest BCUT2D eigenvalue weighted by atomic mass is 10.1. The van der Waals surface area contributed by atoms with E-state index in [0.29, 0.717) is 16.4 Å². The second kappa shape index (κ2) is 6.29. The van der Waals surface area contributed by atoms with Crippen molar-refractivity contribution in [2.45, 2.75) is 13.3 Å². The number of esters is 1. The van der Waals surface area contributed by atoms with Gasteiger partial charge >= 0.3 is 12.0 Å². The minimum atomic E-state index is -0.467. The molecule has 0 saturated carbocycles. The molecule has 0 radical (unpaired) electrons. The number of hydrogen-bond donors (Lipinski definition) is 3. The summed E-state index contributed by atoms with van der Waals surface area (Å²) in [6.45, 7) is 2.12. The zero-order chi connectivity index (χ0) is 14.5. The van der Waals surface area contributed by atoms with Crippen LogP contribution in [0.15, 0.2) is 30.0 Å². The Kier molecular flexibility index (Phi) is 4.47. The fourth-order valence-electron chi connectivity index (χ4n) is 1.66. The Morgan fingerprint density at radius 3 is 2.85 bits per heavy atom. The van der Waals surface area contributed by atoms with Crippen molar-refractivity contribution < 1.29 is 14.3 Å². The van der Waals surface area contributed by atoms with Gasteiger partial charge in [-0.1, -0.05) is 24.6 Å². The van der Waals surface area contributed by atoms with E-state index < -0.39 is 12.0 Å². The van der Waals surface area contributed by atoms with E-state index in [1.807, 2.05) is 13.0 Å². The molecule has 1 aliphatic heterocycles. The molecule has 1 aromatic rings. The number of cyclic esters (lactones) is 1. The molecule has 2 amide bonds. The van der Waals surface area contributed by atoms with Crippen molar-refractivity contribution >= 4 is 29.3 Å². The Bertz CT molecular complexity index is 572. The summed E-state index contributed by atoms with van der Waals surface area (Å²) in [5.41, 5.74) is 7.08. The number of aryl methyl sites for hydroxylation is 1. The summed E-state index contributed by atoms with van der Waals surface area (Å²) >= 11 is 6.06. The first-order valence-electron chi connectivity index (χ1n) is 6.07. The molecule has 106 valence electrons. The molecule has 6 nitrogen and oxygen atoms in total. The molecule has 0 aromatic heterocycles. The first-order chi connectivity index (χ1) is 9.58. The van der Waals surface area contributed by atoms with Gasteiger partial charge in [-0.2, -0.15) is 0 Å². The Labute approximate surface area is 121 Å². The highest BCUT2D eigenvalue weighted by atomic mass is 35.5. The smallest absolute Gasteiger partial charge is 0.337 e. The molecule has 20 heavy (non-hydrogen) atoms. The van der Waals surface area contributed by atoms with E-state index in [1.54, 1.807) is 12.1 Å². The molecule has 2 rings (SSSR count). The maximum atomic E-state index is 11.6. The largest absolute Gasteiger partial charge is 0.456 e. The molecule has 1 heterocycles. The van der Waals surface area contributed by atoms with Crippen molar-refractivity contribution in [3.05, 3.63) is 40.6 Å². The Hall–Kier alpha value is -2.21. The van der Waals surface area contributed by atoms with Crippen LogP contribution < -0.4 is 16.2 Å². The first kappa shape index (κ1) is 14.2. The number of carbonyl (C=O) groups is 2. The van der Waals surface area contributed by atoms with Gasteiger partial charge in [-0.15, -0.1) is 0 Å². The lowest BCUT2D eigenvalue weighted by molar-refractivity contribution is -0.134. The van der Waals surface area contributed by atoms with E-state index in [0.717, 1.165) is 12.0 Å². The van der Waals surface area contributed by atoms with Gasteiger partial charge in [-0.3, -0.25) is 10.9 Å². The Morgan fingerprint density at radius 2 is 2.25 bits per heavy atom. The monoisotopic (exact) mass is 295 g/mol. The van der Waals surface area contributed by atoms with Crippen LogP contribution in [0.25, 0.3) is 0 Å². The minimum Gasteiger partial charge on any atom is -0.456 e. The van der Waals surface area contributed by atoms with E-state index >= 15 is 0 Å². The first-order valence-corrected chi connectivity index (χ1v) is 6.45. The van der Waals surface area contributed by atoms with Crippen molar-refractivity contribution in [1.82, 2.24) is 10.9 Å². The van der Waals surface area contributed by atoms with Crippen LogP contribution in [0.1, 0.15) is 12.5 Å². The van der Waals surface area contributed by atoms with Crippen molar-refractivity contribution in [3.8, 4) is 0 Å². The van der Waals surface area contributed by atoms with E-state index in [-0.39, 0.29) is 6.61 Å². The molecule has 1 aliphatic rings. The normalized spacial score (nSPS) is 13.5. The quantitative estimate of drug-likeness (QED) is 0.586. The summed E-state index contributed by atoms with van der Waals surface area (Å²) < 4.78 is 4.67. The van der Waals surface area contributed by atoms with Crippen LogP contribution in [0.4, 0.5) is 10.5 Å². The van der Waals surface area contributed by atoms with Gasteiger partial charge in [0.15, 0.2) is 0 Å². The van der Waals surface area contributed by atoms with Gasteiger partial charge in [0.05, 0.1) is 5.70 Å². The van der Waals surface area contributed by atoms with Crippen LogP contribution in [0.2, 0.25) is 5.02 Å². The predicted octanol–water partition coefficient (Wildman–Crippen LogP) is 1.97. The fourth-order valence-corrected chi connectivity index (χ4v) is 1.97. The van der Waals surface area contributed by atoms with Crippen LogP contribution in [0.5, 0.6) is 0 Å². The molecule has 0 bridgehead atoms. The van der Waals surface area contributed by atoms with Crippen LogP contribution in [0, 0.1) is 0 Å². The molecule has 0 fully saturated rings. The van der Waals surface area contributed by atoms with Crippen molar-refractivity contribution in [3.63, 3.8) is 0 Å². The van der Waals surface area contributed by atoms with Crippen LogP contribution in [0.3, 0.4) is 0 Å². The third kappa shape index (κ3) is 3.64. The van der Waals surface area contributed by atoms with Gasteiger partial charge in [0.1, 0.15) is 6.61 Å². The molecule has 0 unspecified atom stereocenters. The highest BCUT2D eigenvalue weighted by Gasteiger charge is 2.13. The van der Waals surface area contributed by atoms with Crippen LogP contribution >= 0.6 is 11.6 Å². The van der Waals surface area contributed by atoms with E-state index in [2.05, 4.69) is 20.9 Å². The van der Waals surface area contributed by atoms with Gasteiger partial charge in [-0.25, -0.2) is 9.59 Å². The molecule has 3 N–H and O–H groups in total. The number of hydrazine groups is 1. The minimum absolute atomic E-state index is 0.121. The van der Waals surface area contributed by atoms with Gasteiger partial charge in [0.2, 0.25) is 0 Å². The number of rotatable bonds is 4. The van der Waals surface area contributed by atoms with Gasteiger partial charge < -0.3 is 10.1 Å². The summed E-state index contributed by atoms with van der Waals surface area (Å²) in [6.07, 6.45) is 2.10. The number of benzene rings is 1. The van der Waals surface area contributed by atoms with E-state index in [9.17, 15) is 9.59 Å². The van der Waals surface area contributed by atoms with E-state index in [1.165, 1.54) is 6.08 Å². The van der Waals surface area contributed by atoms with Crippen molar-refractivity contribution in [1.29, 1.82) is 0 Å². The summed E-state index contributed by atoms with van der Waals surface area (Å²) in [6, 6.07) is 4.84. The van der Waals surface area contributed by atoms with Crippen molar-refractivity contribution in [2.24, 2.45) is 0 Å². The van der Waals surface area contributed by atoms with Crippen LogP contribution in [-0.2, 0) is 16.0 Å². The number of ether oxygens (including phenoxy) is 1. The topological polar surface area (TPSA) is 79.5 Å². The number of halogens is 1. The third-order valence-corrected chi connectivity index (χ3v) is 3.04. The highest BCUT2D eigenvalue weighted by Crippen LogP contribution is 2.21. The molecule has 1 aromatic carbocycles. The highest BCUT2D eigenvalue weighted by molar-refractivity contribution is 6.31. The Morgan fingerprint density at radius 1 is 1.45 bits per heavy atom. The second-order valence-electron chi connectivity index (χ2n) is 4.14. The standard InChI is InChI=1S/C13H14ClN3O3/c1-2-8-3-4-9(5-11(8)14)15-13(19)17-16-10-6-12(18)20-7-10/h3-6,16H,2,7H2,1H3,(H2,15,17,19). The number of hydrogen-bond acceptors (Lipinski definition) is 4. The summed E-state index contributed by atoms with van der Waals surface area (Å²) in [7, 11) is 0. The number of carbonyl (C=O) groups excluding carboxylic acids is 2. The average Bonchev–Trinajstić information content (AvgIpc) is 2.82. The number of amides is 2. The number of anilines is 1. The SMILES string of the molecule is CCc1ccc(NC(=O)NNC2=CC(=O)OC2)cc1Cl. The maximum Gasteiger partial charge on any atom is 0.337 e. The summed E-state index contributed by atoms with van der Waals surface area (Å²) in [4.78, 5) is 22.4. The second-order valence-corrected chi connectivity index (χ2v) is 4.55. The predicted molar refractivity (Wildman–Crippen MR) is 75.2 cm³/mol. The van der Waals surface area contributed by atoms with Gasteiger partial charge in [0, 0.05) is 16.8 Å². The van der Waals surface area contributed by atoms with Crippen LogP contribution in [-0.4, -0.2) is 18.6 Å². The molecule has 0 atom stereocenters. The zero-order valence-corrected chi connectivity index (χ0v) is 11.6. The zero-order valence-electron chi connectivity index (χ0n) is 10.8. The van der Waals surface area contributed by atoms with E-state index in [4.69, 9.17) is 11.6 Å². The van der Waals surface area contributed by atoms with Gasteiger partial charge in [-0.05, 0) is 24.1 Å². The fraction of sp³-hybridized carbons (Fsp3) is 0.231. The average molecular weight is 296 g/mol. The molecule has 0 saturated heterocycles. The molecular formula is C13H14ClN3O3. The lowest BCUT2D eigenvalue weighted by Gasteiger charge is -2.10. The maximum absolute atomic E-state index is 11.6. The molecule has 7 heteroatoms. The summed E-state index contributed by atoms with van der Waals surface area (Å²) in [5, 5.41) is 3.23. The molecule has 0 aliphatic carbocycles. The third-order valence-electron chi connectivity index (χ3n) is 2.69. The summed E-state index contributed by atoms with van der Waals surface area (Å²) in [5.74, 6) is -0.434. The number of urea groups is 1. The number of nitrogens with one attached hydrogen (secondary N) is 3. The Balaban J connectivity index is 1.86. The molecular weight excluding hydrogens is 282 g/mol.